The molecule has 2 rings (SSSR count). The second-order valence-electron chi connectivity index (χ2n) is 3.53. The minimum atomic E-state index is -3.75. The third-order valence-electron chi connectivity index (χ3n) is 2.38. The van der Waals surface area contributed by atoms with Crippen molar-refractivity contribution in [3.05, 3.63) is 35.9 Å². The third-order valence-corrected chi connectivity index (χ3v) is 3.58. The summed E-state index contributed by atoms with van der Waals surface area (Å²) < 4.78 is 33.5. The molecule has 1 aromatic carbocycles. The molecule has 0 saturated carbocycles. The van der Waals surface area contributed by atoms with Gasteiger partial charge in [-0.25, -0.2) is 13.6 Å². The number of hydrogen-bond donors (Lipinski definition) is 1. The van der Waals surface area contributed by atoms with Crippen LogP contribution < -0.4 is 5.14 Å². The zero-order valence-electron chi connectivity index (χ0n) is 8.57. The van der Waals surface area contributed by atoms with Gasteiger partial charge in [0.05, 0.1) is 13.2 Å². The maximum Gasteiger partial charge on any atom is 0.482 e. The highest BCUT2D eigenvalue weighted by Crippen LogP contribution is 2.26. The summed E-state index contributed by atoms with van der Waals surface area (Å²) in [6.07, 6.45) is 0. The van der Waals surface area contributed by atoms with Crippen LogP contribution in [0.4, 0.5) is 0 Å². The molecule has 0 aliphatic carbocycles. The lowest BCUT2D eigenvalue weighted by Crippen LogP contribution is -2.35. The Bertz CT molecular complexity index is 444. The van der Waals surface area contributed by atoms with E-state index < -0.39 is 22.3 Å². The van der Waals surface area contributed by atoms with Crippen molar-refractivity contribution in [1.82, 2.24) is 0 Å². The Kier molecular flexibility index (Phi) is 3.29. The Morgan fingerprint density at radius 2 is 1.75 bits per heavy atom. The Labute approximate surface area is 94.7 Å². The van der Waals surface area contributed by atoms with E-state index in [4.69, 9.17) is 14.4 Å². The molecule has 0 spiro atoms. The summed E-state index contributed by atoms with van der Waals surface area (Å²) in [6, 6.07) is 8.70. The molecule has 0 radical (unpaired) electrons. The molecule has 1 saturated heterocycles. The lowest BCUT2D eigenvalue weighted by atomic mass is 9.80. The fraction of sp³-hybridized carbons (Fsp3) is 0.333. The molecule has 5 nitrogen and oxygen atoms in total. The Morgan fingerprint density at radius 3 is 2.25 bits per heavy atom. The highest BCUT2D eigenvalue weighted by molar-refractivity contribution is 7.90. The third kappa shape index (κ3) is 2.44. The smallest absolute Gasteiger partial charge is 0.408 e. The van der Waals surface area contributed by atoms with Crippen molar-refractivity contribution in [2.45, 2.75) is 5.15 Å². The van der Waals surface area contributed by atoms with Crippen LogP contribution in [0.5, 0.6) is 0 Å². The lowest BCUT2D eigenvalue weighted by molar-refractivity contribution is 0.365. The van der Waals surface area contributed by atoms with E-state index in [-0.39, 0.29) is 0 Å². The SMILES string of the molecule is NS(=O)(=O)C(B1OCCO1)c1ccccc1. The summed E-state index contributed by atoms with van der Waals surface area (Å²) in [5.74, 6) is 0. The first-order chi connectivity index (χ1) is 7.59. The number of benzene rings is 1. The largest absolute Gasteiger partial charge is 0.482 e. The van der Waals surface area contributed by atoms with Gasteiger partial charge in [0.25, 0.3) is 0 Å². The molecule has 0 amide bonds. The molecule has 0 aromatic heterocycles. The van der Waals surface area contributed by atoms with Gasteiger partial charge in [0.2, 0.25) is 10.0 Å². The van der Waals surface area contributed by atoms with Crippen LogP contribution in [-0.4, -0.2) is 28.7 Å². The highest BCUT2D eigenvalue weighted by Gasteiger charge is 2.42. The van der Waals surface area contributed by atoms with Crippen LogP contribution in [0.15, 0.2) is 30.3 Å². The molecule has 1 fully saturated rings. The van der Waals surface area contributed by atoms with Crippen LogP contribution in [0.25, 0.3) is 0 Å². The second kappa shape index (κ2) is 4.54. The number of nitrogens with two attached hydrogens (primary N) is 1. The van der Waals surface area contributed by atoms with E-state index in [9.17, 15) is 8.42 Å². The van der Waals surface area contributed by atoms with Crippen molar-refractivity contribution >= 4 is 17.1 Å². The number of primary sulfonamides is 1. The van der Waals surface area contributed by atoms with Crippen molar-refractivity contribution in [1.29, 1.82) is 0 Å². The van der Waals surface area contributed by atoms with Gasteiger partial charge in [-0.15, -0.1) is 0 Å². The lowest BCUT2D eigenvalue weighted by Gasteiger charge is -2.16. The molecule has 1 unspecified atom stereocenters. The highest BCUT2D eigenvalue weighted by atomic mass is 32.2. The van der Waals surface area contributed by atoms with Crippen LogP contribution in [0.1, 0.15) is 10.7 Å². The molecule has 86 valence electrons. The van der Waals surface area contributed by atoms with Crippen LogP contribution in [-0.2, 0) is 19.3 Å². The van der Waals surface area contributed by atoms with Gasteiger partial charge in [0.1, 0.15) is 5.15 Å². The topological polar surface area (TPSA) is 78.6 Å². The number of hydrogen-bond acceptors (Lipinski definition) is 4. The molecule has 0 bridgehead atoms. The number of sulfonamides is 1. The van der Waals surface area contributed by atoms with Crippen molar-refractivity contribution in [3.8, 4) is 0 Å². The predicted molar refractivity (Wildman–Crippen MR) is 59.9 cm³/mol. The zero-order valence-corrected chi connectivity index (χ0v) is 9.39. The van der Waals surface area contributed by atoms with Gasteiger partial charge in [0.15, 0.2) is 0 Å². The van der Waals surface area contributed by atoms with Crippen molar-refractivity contribution in [2.75, 3.05) is 13.2 Å². The second-order valence-corrected chi connectivity index (χ2v) is 5.22. The van der Waals surface area contributed by atoms with Crippen molar-refractivity contribution in [3.63, 3.8) is 0 Å². The Balaban J connectivity index is 2.35. The normalized spacial score (nSPS) is 18.7. The van der Waals surface area contributed by atoms with Crippen LogP contribution in [0, 0.1) is 0 Å². The standard InChI is InChI=1S/C9H12BNO4S/c11-16(12,13)9(10-14-6-7-15-10)8-4-2-1-3-5-8/h1-5,9H,6-7H2,(H2,11,12,13). The Morgan fingerprint density at radius 1 is 1.19 bits per heavy atom. The minimum absolute atomic E-state index is 0.392. The van der Waals surface area contributed by atoms with Gasteiger partial charge >= 0.3 is 7.12 Å². The monoisotopic (exact) mass is 241 g/mol. The van der Waals surface area contributed by atoms with Gasteiger partial charge in [-0.05, 0) is 5.56 Å². The van der Waals surface area contributed by atoms with Crippen molar-refractivity contribution < 1.29 is 17.7 Å². The fourth-order valence-corrected chi connectivity index (χ4v) is 2.70. The molecular formula is C9H12BNO4S. The van der Waals surface area contributed by atoms with Crippen molar-refractivity contribution in [2.24, 2.45) is 5.14 Å². The molecule has 2 N–H and O–H groups in total. The van der Waals surface area contributed by atoms with Gasteiger partial charge in [-0.2, -0.15) is 0 Å². The predicted octanol–water partition coefficient (Wildman–Crippen LogP) is 0.0904. The number of rotatable bonds is 3. The minimum Gasteiger partial charge on any atom is -0.408 e. The molecule has 1 aromatic rings. The quantitative estimate of drug-likeness (QED) is 0.760. The first kappa shape index (κ1) is 11.6. The van der Waals surface area contributed by atoms with Crippen LogP contribution in [0.2, 0.25) is 0 Å². The summed E-state index contributed by atoms with van der Waals surface area (Å²) in [7, 11) is -4.56. The maximum absolute atomic E-state index is 11.5. The van der Waals surface area contributed by atoms with Gasteiger partial charge < -0.3 is 9.31 Å². The fourth-order valence-electron chi connectivity index (χ4n) is 1.70. The average Bonchev–Trinajstić information content (AvgIpc) is 2.71. The molecule has 1 atom stereocenters. The molecule has 1 heterocycles. The van der Waals surface area contributed by atoms with E-state index in [0.717, 1.165) is 0 Å². The zero-order chi connectivity index (χ0) is 11.6. The van der Waals surface area contributed by atoms with Gasteiger partial charge in [-0.1, -0.05) is 30.3 Å². The molecular weight excluding hydrogens is 229 g/mol. The van der Waals surface area contributed by atoms with E-state index in [1.807, 2.05) is 0 Å². The summed E-state index contributed by atoms with van der Waals surface area (Å²) >= 11 is 0. The molecule has 1 aliphatic rings. The van der Waals surface area contributed by atoms with E-state index in [0.29, 0.717) is 18.8 Å². The molecule has 7 heteroatoms. The first-order valence-electron chi connectivity index (χ1n) is 4.89. The molecule has 16 heavy (non-hydrogen) atoms. The van der Waals surface area contributed by atoms with Gasteiger partial charge in [0, 0.05) is 0 Å². The van der Waals surface area contributed by atoms with E-state index in [1.54, 1.807) is 30.3 Å². The van der Waals surface area contributed by atoms with Gasteiger partial charge in [-0.3, -0.25) is 0 Å². The maximum atomic E-state index is 11.5. The first-order valence-corrected chi connectivity index (χ1v) is 6.50. The van der Waals surface area contributed by atoms with Crippen LogP contribution in [0.3, 0.4) is 0 Å². The van der Waals surface area contributed by atoms with E-state index in [1.165, 1.54) is 0 Å². The van der Waals surface area contributed by atoms with Crippen LogP contribution >= 0.6 is 0 Å². The van der Waals surface area contributed by atoms with E-state index in [2.05, 4.69) is 0 Å². The molecule has 1 aliphatic heterocycles. The summed E-state index contributed by atoms with van der Waals surface area (Å²) in [5, 5.41) is 4.24. The summed E-state index contributed by atoms with van der Waals surface area (Å²) in [6.45, 7) is 0.785. The average molecular weight is 241 g/mol. The van der Waals surface area contributed by atoms with E-state index >= 15 is 0 Å². The summed E-state index contributed by atoms with van der Waals surface area (Å²) in [5.41, 5.74) is 0.580. The summed E-state index contributed by atoms with van der Waals surface area (Å²) in [4.78, 5) is 0. The Hall–Kier alpha value is -0.885.